The first-order chi connectivity index (χ1) is 22.3. The number of anilines is 3. The van der Waals surface area contributed by atoms with Gasteiger partial charge in [-0.05, 0) is 42.5 Å². The van der Waals surface area contributed by atoms with Gasteiger partial charge in [-0.3, -0.25) is 9.69 Å². The summed E-state index contributed by atoms with van der Waals surface area (Å²) in [7, 11) is 0. The van der Waals surface area contributed by atoms with Crippen LogP contribution in [0.15, 0.2) is 48.8 Å². The van der Waals surface area contributed by atoms with Crippen molar-refractivity contribution < 1.29 is 28.9 Å². The number of halogens is 1. The van der Waals surface area contributed by atoms with Gasteiger partial charge in [-0.25, -0.2) is 14.4 Å². The number of rotatable bonds is 8. The largest absolute Gasteiger partial charge is 0.486 e. The third-order valence-electron chi connectivity index (χ3n) is 9.18. The van der Waals surface area contributed by atoms with E-state index in [1.807, 2.05) is 12.1 Å². The summed E-state index contributed by atoms with van der Waals surface area (Å²) in [5.74, 6) is 0.233. The maximum atomic E-state index is 15.0. The fourth-order valence-electron chi connectivity index (χ4n) is 6.12. The van der Waals surface area contributed by atoms with Gasteiger partial charge in [-0.15, -0.1) is 0 Å². The summed E-state index contributed by atoms with van der Waals surface area (Å²) < 4.78 is 26.3. The van der Waals surface area contributed by atoms with Gasteiger partial charge in [0, 0.05) is 62.5 Å². The zero-order valence-electron chi connectivity index (χ0n) is 25.1. The average molecular weight is 631 g/mol. The second-order valence-electron chi connectivity index (χ2n) is 12.2. The van der Waals surface area contributed by atoms with Crippen LogP contribution >= 0.6 is 0 Å². The molecule has 3 saturated heterocycles. The minimum Gasteiger partial charge on any atom is -0.486 e. The summed E-state index contributed by atoms with van der Waals surface area (Å²) in [6.45, 7) is 5.57. The lowest BCUT2D eigenvalue weighted by Gasteiger charge is -2.43. The Morgan fingerprint density at radius 3 is 2.52 bits per heavy atom. The van der Waals surface area contributed by atoms with Crippen LogP contribution in [0.25, 0.3) is 11.4 Å². The van der Waals surface area contributed by atoms with Gasteiger partial charge in [0.1, 0.15) is 24.3 Å². The third-order valence-corrected chi connectivity index (χ3v) is 9.18. The molecule has 4 fully saturated rings. The van der Waals surface area contributed by atoms with E-state index in [0.717, 1.165) is 50.8 Å². The molecule has 2 aromatic carbocycles. The smallest absolute Gasteiger partial charge is 0.257 e. The van der Waals surface area contributed by atoms with Crippen molar-refractivity contribution in [2.45, 2.75) is 42.9 Å². The number of piperazine rings is 1. The molecule has 13 nitrogen and oxygen atoms in total. The third kappa shape index (κ3) is 6.06. The number of likely N-dealkylation sites (tertiary alicyclic amines) is 1. The zero-order chi connectivity index (χ0) is 31.8. The van der Waals surface area contributed by atoms with Crippen LogP contribution in [-0.4, -0.2) is 123 Å². The molecule has 3 aromatic rings. The van der Waals surface area contributed by atoms with E-state index in [4.69, 9.17) is 9.47 Å². The van der Waals surface area contributed by atoms with Gasteiger partial charge in [-0.1, -0.05) is 0 Å². The molecular weight excluding hydrogens is 595 g/mol. The fraction of sp³-hybridized carbons (Fsp3) is 0.469. The predicted octanol–water partition coefficient (Wildman–Crippen LogP) is 1.49. The summed E-state index contributed by atoms with van der Waals surface area (Å²) in [4.78, 5) is 31.6. The number of aromatic nitrogens is 3. The highest BCUT2D eigenvalue weighted by atomic mass is 19.1. The lowest BCUT2D eigenvalue weighted by atomic mass is 10.0. The van der Waals surface area contributed by atoms with Crippen molar-refractivity contribution in [3.63, 3.8) is 0 Å². The Labute approximate surface area is 265 Å². The van der Waals surface area contributed by atoms with E-state index >= 15 is 4.39 Å². The topological polar surface area (TPSA) is 160 Å². The second kappa shape index (κ2) is 12.4. The number of alkyl halides is 1. The maximum Gasteiger partial charge on any atom is 0.257 e. The Hall–Kier alpha value is -4.42. The molecule has 3 aliphatic heterocycles. The average Bonchev–Trinajstić information content (AvgIpc) is 3.68. The molecule has 14 heteroatoms. The number of amides is 1. The summed E-state index contributed by atoms with van der Waals surface area (Å²) in [6, 6.07) is 15.6. The highest BCUT2D eigenvalue weighted by Crippen LogP contribution is 2.38. The summed E-state index contributed by atoms with van der Waals surface area (Å²) in [6.07, 6.45) is -2.02. The Morgan fingerprint density at radius 2 is 1.87 bits per heavy atom. The standard InChI is InChI=1S/C32H35FN8O5/c33-25-16-41(30(43)32(44)14-28(32)42)8-7-27(25)46-26-6-1-20(13-21(26)15-34)29-35-19-36-31(38-29)37-22-2-4-23(5-3-22)39-9-11-40(12-10-39)24-17-45-18-24/h1-6,13,19,24-25,27-28,42,44H,7-12,14,16-18H2,(H,35,36,37,38)/t25-,27+,28?,32?/m1/s1. The van der Waals surface area contributed by atoms with E-state index in [-0.39, 0.29) is 37.2 Å². The number of carbonyl (C=O) groups excluding carboxylic acids is 1. The number of carbonyl (C=O) groups is 1. The number of nitriles is 1. The van der Waals surface area contributed by atoms with Crippen LogP contribution in [0.4, 0.5) is 21.7 Å². The molecule has 0 radical (unpaired) electrons. The Bertz CT molecular complexity index is 1630. The first kappa shape index (κ1) is 30.2. The number of hydrogen-bond donors (Lipinski definition) is 3. The summed E-state index contributed by atoms with van der Waals surface area (Å²) in [5.41, 5.74) is 0.918. The van der Waals surface area contributed by atoms with Gasteiger partial charge in [0.25, 0.3) is 5.91 Å². The van der Waals surface area contributed by atoms with Crippen molar-refractivity contribution in [2.75, 3.05) is 62.7 Å². The van der Waals surface area contributed by atoms with Gasteiger partial charge in [0.2, 0.25) is 5.95 Å². The monoisotopic (exact) mass is 630 g/mol. The normalized spacial score (nSPS) is 26.6. The van der Waals surface area contributed by atoms with Crippen LogP contribution in [0.3, 0.4) is 0 Å². The number of hydrogen-bond acceptors (Lipinski definition) is 12. The molecule has 3 N–H and O–H groups in total. The maximum absolute atomic E-state index is 15.0. The molecule has 2 unspecified atom stereocenters. The quantitative estimate of drug-likeness (QED) is 0.330. The number of aliphatic hydroxyl groups excluding tert-OH is 1. The number of nitrogens with zero attached hydrogens (tertiary/aromatic N) is 7. The van der Waals surface area contributed by atoms with E-state index < -0.39 is 29.9 Å². The zero-order valence-corrected chi connectivity index (χ0v) is 25.1. The van der Waals surface area contributed by atoms with Crippen LogP contribution in [0.1, 0.15) is 18.4 Å². The molecule has 46 heavy (non-hydrogen) atoms. The molecule has 4 atom stereocenters. The lowest BCUT2D eigenvalue weighted by Crippen LogP contribution is -2.56. The van der Waals surface area contributed by atoms with Gasteiger partial charge in [0.05, 0.1) is 37.5 Å². The highest BCUT2D eigenvalue weighted by Gasteiger charge is 2.60. The van der Waals surface area contributed by atoms with E-state index in [0.29, 0.717) is 23.4 Å². The van der Waals surface area contributed by atoms with Gasteiger partial charge < -0.3 is 34.8 Å². The Kier molecular flexibility index (Phi) is 8.16. The van der Waals surface area contributed by atoms with Crippen molar-refractivity contribution >= 4 is 23.2 Å². The number of ether oxygens (including phenoxy) is 2. The molecule has 4 aliphatic rings. The van der Waals surface area contributed by atoms with Gasteiger partial charge in [-0.2, -0.15) is 10.2 Å². The predicted molar refractivity (Wildman–Crippen MR) is 164 cm³/mol. The number of piperidine rings is 1. The molecular formula is C32H35FN8O5. The molecule has 1 aromatic heterocycles. The number of benzene rings is 2. The van der Waals surface area contributed by atoms with Crippen molar-refractivity contribution in [3.8, 4) is 23.2 Å². The molecule has 4 heterocycles. The van der Waals surface area contributed by atoms with Gasteiger partial charge >= 0.3 is 0 Å². The lowest BCUT2D eigenvalue weighted by molar-refractivity contribution is -0.148. The number of aliphatic hydroxyl groups is 2. The van der Waals surface area contributed by atoms with Crippen LogP contribution in [-0.2, 0) is 9.53 Å². The molecule has 0 spiro atoms. The van der Waals surface area contributed by atoms with Crippen molar-refractivity contribution in [1.82, 2.24) is 24.8 Å². The molecule has 1 amide bonds. The van der Waals surface area contributed by atoms with Gasteiger partial charge in [0.15, 0.2) is 17.6 Å². The minimum atomic E-state index is -1.81. The van der Waals surface area contributed by atoms with Crippen LogP contribution in [0, 0.1) is 11.3 Å². The Morgan fingerprint density at radius 1 is 1.11 bits per heavy atom. The van der Waals surface area contributed by atoms with Crippen LogP contribution in [0.2, 0.25) is 0 Å². The van der Waals surface area contributed by atoms with E-state index in [9.17, 15) is 20.3 Å². The first-order valence-corrected chi connectivity index (χ1v) is 15.5. The highest BCUT2D eigenvalue weighted by molar-refractivity contribution is 5.89. The molecule has 1 saturated carbocycles. The number of nitrogens with one attached hydrogen (secondary N) is 1. The summed E-state index contributed by atoms with van der Waals surface area (Å²) >= 11 is 0. The molecule has 240 valence electrons. The molecule has 1 aliphatic carbocycles. The SMILES string of the molecule is N#Cc1cc(-c2ncnc(Nc3ccc(N4CCN(C5COC5)CC4)cc3)n2)ccc1O[C@H]1CCN(C(=O)C2(O)CC2O)C[C@H]1F. The van der Waals surface area contributed by atoms with Crippen LogP contribution in [0.5, 0.6) is 5.75 Å². The molecule has 0 bridgehead atoms. The fourth-order valence-corrected chi connectivity index (χ4v) is 6.12. The minimum absolute atomic E-state index is 0.0432. The summed E-state index contributed by atoms with van der Waals surface area (Å²) in [5, 5.41) is 32.7. The Balaban J connectivity index is 0.965. The van der Waals surface area contributed by atoms with Crippen molar-refractivity contribution in [3.05, 3.63) is 54.4 Å². The second-order valence-corrected chi connectivity index (χ2v) is 12.2. The van der Waals surface area contributed by atoms with E-state index in [2.05, 4.69) is 48.3 Å². The van der Waals surface area contributed by atoms with Crippen LogP contribution < -0.4 is 15.0 Å². The van der Waals surface area contributed by atoms with Crippen molar-refractivity contribution in [2.24, 2.45) is 0 Å². The van der Waals surface area contributed by atoms with E-state index in [1.165, 1.54) is 11.2 Å². The van der Waals surface area contributed by atoms with Crippen molar-refractivity contribution in [1.29, 1.82) is 5.26 Å². The van der Waals surface area contributed by atoms with E-state index in [1.54, 1.807) is 18.2 Å². The first-order valence-electron chi connectivity index (χ1n) is 15.5. The molecule has 7 rings (SSSR count).